The number of aliphatic hydroxyl groups excluding tert-OH is 4. The summed E-state index contributed by atoms with van der Waals surface area (Å²) in [5.74, 6) is 2.80. The third-order valence-electron chi connectivity index (χ3n) is 11.2. The first-order valence-electron chi connectivity index (χ1n) is 21.4. The Balaban J connectivity index is 0.000000173. The van der Waals surface area contributed by atoms with Crippen LogP contribution in [0.3, 0.4) is 0 Å². The van der Waals surface area contributed by atoms with Crippen molar-refractivity contribution in [2.75, 3.05) is 33.0 Å². The van der Waals surface area contributed by atoms with Crippen LogP contribution in [0.5, 0.6) is 23.0 Å². The molecule has 8 heteroatoms. The Morgan fingerprint density at radius 1 is 0.508 bits per heavy atom. The molecule has 0 spiro atoms. The molecule has 0 heterocycles. The van der Waals surface area contributed by atoms with Crippen LogP contribution in [0.2, 0.25) is 0 Å². The van der Waals surface area contributed by atoms with Gasteiger partial charge in [0.2, 0.25) is 0 Å². The Kier molecular flexibility index (Phi) is 14.6. The Hall–Kier alpha value is -6.42. The molecule has 0 fully saturated rings. The molecule has 0 amide bonds. The van der Waals surface area contributed by atoms with Crippen LogP contribution < -0.4 is 18.9 Å². The largest absolute Gasteiger partial charge is 0.491 e. The van der Waals surface area contributed by atoms with Crippen LogP contribution in [0.25, 0.3) is 22.3 Å². The van der Waals surface area contributed by atoms with Gasteiger partial charge in [-0.25, -0.2) is 0 Å². The number of ether oxygens (including phenoxy) is 4. The standard InChI is InChI=1S/C31H30O4.C13H10.C11H16O4/c1-21-19-23(11-13-29(21)34-17-15-32)31(24-12-14-30(22(2)20-24)35-18-16-33)27-9-5-3-7-25(27)26-8-4-6-10-28(26)31;1-3-7-12-10(5-1)9-11-6-2-4-8-13(11)12;1-8(12)7-14-10-3-5-11(6-4-10)15-9(2)13/h3-14,19-20,32-33H,15-18H2,1-2H3;1-8H,9H2;3-6,8-9,12-13H,7H2,1-2H3. The highest BCUT2D eigenvalue weighted by atomic mass is 16.6. The van der Waals surface area contributed by atoms with Gasteiger partial charge < -0.3 is 39.4 Å². The zero-order valence-corrected chi connectivity index (χ0v) is 36.3. The minimum atomic E-state index is -0.825. The molecule has 0 saturated carbocycles. The van der Waals surface area contributed by atoms with Crippen LogP contribution in [-0.4, -0.2) is 65.9 Å². The summed E-state index contributed by atoms with van der Waals surface area (Å²) in [5.41, 5.74) is 14.6. The molecule has 2 unspecified atom stereocenters. The van der Waals surface area contributed by atoms with E-state index in [4.69, 9.17) is 29.2 Å². The molecule has 0 bridgehead atoms. The molecular weight excluding hydrogens is 789 g/mol. The molecule has 0 aliphatic heterocycles. The highest BCUT2D eigenvalue weighted by Crippen LogP contribution is 2.56. The highest BCUT2D eigenvalue weighted by molar-refractivity contribution is 5.86. The zero-order chi connectivity index (χ0) is 44.3. The molecule has 8 nitrogen and oxygen atoms in total. The number of hydrogen-bond acceptors (Lipinski definition) is 8. The molecule has 63 heavy (non-hydrogen) atoms. The second kappa shape index (κ2) is 20.6. The van der Waals surface area contributed by atoms with Crippen molar-refractivity contribution in [2.24, 2.45) is 0 Å². The van der Waals surface area contributed by atoms with Gasteiger partial charge in [0, 0.05) is 0 Å². The van der Waals surface area contributed by atoms with Crippen LogP contribution in [0.15, 0.2) is 158 Å². The molecular formula is C55H56O8. The van der Waals surface area contributed by atoms with Gasteiger partial charge in [-0.1, -0.05) is 121 Å². The lowest BCUT2D eigenvalue weighted by atomic mass is 9.67. The Labute approximate surface area is 370 Å². The predicted molar refractivity (Wildman–Crippen MR) is 249 cm³/mol. The molecule has 7 aromatic rings. The summed E-state index contributed by atoms with van der Waals surface area (Å²) in [6, 6.07) is 54.1. The van der Waals surface area contributed by atoms with Crippen LogP contribution in [0, 0.1) is 13.8 Å². The van der Waals surface area contributed by atoms with Crippen molar-refractivity contribution >= 4 is 0 Å². The molecule has 0 aromatic heterocycles. The lowest BCUT2D eigenvalue weighted by molar-refractivity contribution is -0.000349. The third kappa shape index (κ3) is 9.96. The Bertz CT molecular complexity index is 2450. The molecule has 0 radical (unpaired) electrons. The van der Waals surface area contributed by atoms with E-state index in [1.54, 1.807) is 31.2 Å². The molecule has 4 N–H and O–H groups in total. The summed E-state index contributed by atoms with van der Waals surface area (Å²) in [6.45, 7) is 8.06. The quantitative estimate of drug-likeness (QED) is 0.0848. The zero-order valence-electron chi connectivity index (χ0n) is 36.3. The predicted octanol–water partition coefficient (Wildman–Crippen LogP) is 9.83. The SMILES string of the molecule is CC(O)COc1ccc(OC(C)O)cc1.Cc1cc(C2(c3ccc(OCCO)c(C)c3)c3ccccc3-c3ccccc32)ccc1OCCO.c1ccc2c(c1)Cc1ccccc1-2. The van der Waals surface area contributed by atoms with E-state index in [2.05, 4.69) is 121 Å². The summed E-state index contributed by atoms with van der Waals surface area (Å²) >= 11 is 0. The van der Waals surface area contributed by atoms with E-state index in [0.717, 1.165) is 40.2 Å². The fraction of sp³-hybridized carbons (Fsp3) is 0.236. The van der Waals surface area contributed by atoms with Crippen molar-refractivity contribution in [1.82, 2.24) is 0 Å². The smallest absolute Gasteiger partial charge is 0.194 e. The second-order valence-corrected chi connectivity index (χ2v) is 15.8. The summed E-state index contributed by atoms with van der Waals surface area (Å²) in [6.07, 6.45) is -0.209. The van der Waals surface area contributed by atoms with Gasteiger partial charge in [-0.3, -0.25) is 0 Å². The van der Waals surface area contributed by atoms with Crippen LogP contribution in [0.4, 0.5) is 0 Å². The van der Waals surface area contributed by atoms with Gasteiger partial charge in [0.1, 0.15) is 42.8 Å². The maximum absolute atomic E-state index is 9.21. The van der Waals surface area contributed by atoms with Crippen molar-refractivity contribution < 1.29 is 39.4 Å². The third-order valence-corrected chi connectivity index (χ3v) is 11.2. The maximum atomic E-state index is 9.21. The van der Waals surface area contributed by atoms with E-state index in [1.165, 1.54) is 51.4 Å². The monoisotopic (exact) mass is 844 g/mol. The number of aliphatic hydroxyl groups is 4. The molecule has 7 aromatic carbocycles. The fourth-order valence-electron chi connectivity index (χ4n) is 8.53. The van der Waals surface area contributed by atoms with E-state index >= 15 is 0 Å². The lowest BCUT2D eigenvalue weighted by Crippen LogP contribution is -2.29. The molecule has 9 rings (SSSR count). The normalized spacial score (nSPS) is 13.3. The van der Waals surface area contributed by atoms with E-state index in [-0.39, 0.29) is 33.0 Å². The van der Waals surface area contributed by atoms with Crippen molar-refractivity contribution in [3.63, 3.8) is 0 Å². The number of aryl methyl sites for hydroxylation is 2. The molecule has 2 aliphatic carbocycles. The number of fused-ring (bicyclic) bond motifs is 6. The van der Waals surface area contributed by atoms with Gasteiger partial charge in [0.15, 0.2) is 6.29 Å². The average Bonchev–Trinajstić information content (AvgIpc) is 3.82. The minimum Gasteiger partial charge on any atom is -0.491 e. The van der Waals surface area contributed by atoms with Crippen molar-refractivity contribution in [1.29, 1.82) is 0 Å². The molecule has 2 aliphatic rings. The summed E-state index contributed by atoms with van der Waals surface area (Å²) in [7, 11) is 0. The van der Waals surface area contributed by atoms with E-state index < -0.39 is 17.8 Å². The minimum absolute atomic E-state index is 0.0180. The van der Waals surface area contributed by atoms with Crippen molar-refractivity contribution in [3.05, 3.63) is 202 Å². The van der Waals surface area contributed by atoms with E-state index in [9.17, 15) is 10.2 Å². The van der Waals surface area contributed by atoms with Crippen LogP contribution in [0.1, 0.15) is 58.4 Å². The maximum Gasteiger partial charge on any atom is 0.194 e. The number of rotatable bonds is 13. The van der Waals surface area contributed by atoms with Gasteiger partial charge in [-0.15, -0.1) is 0 Å². The van der Waals surface area contributed by atoms with Gasteiger partial charge in [0.05, 0.1) is 24.7 Å². The first-order valence-corrected chi connectivity index (χ1v) is 21.4. The molecule has 324 valence electrons. The topological polar surface area (TPSA) is 118 Å². The lowest BCUT2D eigenvalue weighted by Gasteiger charge is -2.34. The molecule has 0 saturated heterocycles. The Morgan fingerprint density at radius 2 is 0.937 bits per heavy atom. The summed E-state index contributed by atoms with van der Waals surface area (Å²) in [4.78, 5) is 0. The average molecular weight is 845 g/mol. The van der Waals surface area contributed by atoms with Crippen LogP contribution in [-0.2, 0) is 11.8 Å². The van der Waals surface area contributed by atoms with Gasteiger partial charge in [-0.2, -0.15) is 0 Å². The number of benzene rings is 7. The van der Waals surface area contributed by atoms with Gasteiger partial charge in [-0.05, 0) is 137 Å². The van der Waals surface area contributed by atoms with Gasteiger partial charge >= 0.3 is 0 Å². The van der Waals surface area contributed by atoms with Crippen LogP contribution >= 0.6 is 0 Å². The van der Waals surface area contributed by atoms with E-state index in [0.29, 0.717) is 11.5 Å². The Morgan fingerprint density at radius 3 is 1.37 bits per heavy atom. The van der Waals surface area contributed by atoms with Crippen molar-refractivity contribution in [3.8, 4) is 45.3 Å². The highest BCUT2D eigenvalue weighted by Gasteiger charge is 2.46. The number of hydrogen-bond donors (Lipinski definition) is 4. The van der Waals surface area contributed by atoms with E-state index in [1.807, 2.05) is 26.0 Å². The summed E-state index contributed by atoms with van der Waals surface area (Å²) in [5, 5.41) is 36.4. The first kappa shape index (κ1) is 44.6. The van der Waals surface area contributed by atoms with Gasteiger partial charge in [0.25, 0.3) is 0 Å². The second-order valence-electron chi connectivity index (χ2n) is 15.8. The molecule has 2 atom stereocenters. The van der Waals surface area contributed by atoms with Crippen molar-refractivity contribution in [2.45, 2.75) is 51.9 Å². The fourth-order valence-corrected chi connectivity index (χ4v) is 8.53. The first-order chi connectivity index (χ1) is 30.6. The summed E-state index contributed by atoms with van der Waals surface area (Å²) < 4.78 is 21.8.